The number of hydrogen-bond donors (Lipinski definition) is 1. The van der Waals surface area contributed by atoms with Crippen molar-refractivity contribution in [2.75, 3.05) is 5.32 Å². The van der Waals surface area contributed by atoms with Crippen LogP contribution in [0.2, 0.25) is 5.02 Å². The highest BCUT2D eigenvalue weighted by Gasteiger charge is 2.24. The van der Waals surface area contributed by atoms with Gasteiger partial charge in [-0.1, -0.05) is 48.6 Å². The molecule has 1 unspecified atom stereocenters. The van der Waals surface area contributed by atoms with E-state index in [0.29, 0.717) is 5.95 Å². The van der Waals surface area contributed by atoms with Gasteiger partial charge in [0.2, 0.25) is 5.95 Å². The molecule has 3 rings (SSSR count). The molecule has 1 aliphatic rings. The molecule has 2 aromatic rings. The number of aryl methyl sites for hydroxylation is 3. The summed E-state index contributed by atoms with van der Waals surface area (Å²) in [4.78, 5) is 16.3. The first kappa shape index (κ1) is 19.2. The minimum atomic E-state index is -0.211. The lowest BCUT2D eigenvalue weighted by atomic mass is 10.1. The van der Waals surface area contributed by atoms with Gasteiger partial charge in [0.05, 0.1) is 0 Å². The molecule has 0 aliphatic carbocycles. The van der Waals surface area contributed by atoms with Crippen molar-refractivity contribution in [2.24, 2.45) is 0 Å². The smallest absolute Gasteiger partial charge is 0.274 e. The zero-order valence-corrected chi connectivity index (χ0v) is 16.5. The van der Waals surface area contributed by atoms with Gasteiger partial charge in [-0.05, 0) is 56.4 Å². The van der Waals surface area contributed by atoms with Gasteiger partial charge in [-0.3, -0.25) is 4.79 Å². The summed E-state index contributed by atoms with van der Waals surface area (Å²) in [5, 5.41) is 4.10. The van der Waals surface area contributed by atoms with Crippen molar-refractivity contribution in [1.29, 1.82) is 0 Å². The number of rotatable bonds is 6. The van der Waals surface area contributed by atoms with Crippen molar-refractivity contribution in [1.82, 2.24) is 9.55 Å². The van der Waals surface area contributed by atoms with Gasteiger partial charge in [-0.25, -0.2) is 0 Å². The summed E-state index contributed by atoms with van der Waals surface area (Å²) in [6.45, 7) is 7.62. The molecule has 27 heavy (non-hydrogen) atoms. The second-order valence-corrected chi connectivity index (χ2v) is 7.20. The maximum atomic E-state index is 12.1. The Balaban J connectivity index is 1.92. The fourth-order valence-corrected chi connectivity index (χ4v) is 3.60. The van der Waals surface area contributed by atoms with Crippen molar-refractivity contribution in [3.8, 4) is 0 Å². The summed E-state index contributed by atoms with van der Waals surface area (Å²) >= 11 is 6.21. The Morgan fingerprint density at radius 2 is 2.07 bits per heavy atom. The molecule has 1 N–H and O–H groups in total. The molecule has 2 heterocycles. The number of allylic oxidation sites excluding steroid dienone is 5. The number of nitrogens with zero attached hydrogens (tertiary/aromatic N) is 2. The van der Waals surface area contributed by atoms with E-state index in [4.69, 9.17) is 11.6 Å². The van der Waals surface area contributed by atoms with E-state index in [0.717, 1.165) is 46.8 Å². The van der Waals surface area contributed by atoms with E-state index in [-0.39, 0.29) is 11.6 Å². The minimum absolute atomic E-state index is 0.211. The van der Waals surface area contributed by atoms with Crippen LogP contribution in [0.15, 0.2) is 60.0 Å². The summed E-state index contributed by atoms with van der Waals surface area (Å²) in [7, 11) is 0. The van der Waals surface area contributed by atoms with E-state index < -0.39 is 0 Å². The van der Waals surface area contributed by atoms with E-state index in [2.05, 4.69) is 27.5 Å². The standard InChI is InChI=1S/C22H24ClN3O/c1-4-5-6-7-8-9-17-10-11-18-14-21(27)25-22(26(17)18)24-20-13-15(2)19(23)12-16(20)3/h4-8,12-14,17H,1,9-11H2,2-3H3,(H,24,25,27)/b6-5-,8-7-. The third-order valence-corrected chi connectivity index (χ3v) is 5.20. The number of hydrogen-bond acceptors (Lipinski definition) is 3. The highest BCUT2D eigenvalue weighted by atomic mass is 35.5. The SMILES string of the molecule is C=C/C=C\C=C/CC1CCc2cc(=O)nc(Nc3cc(C)c(Cl)cc3C)n21. The van der Waals surface area contributed by atoms with Gasteiger partial charge in [0, 0.05) is 28.5 Å². The average Bonchev–Trinajstić information content (AvgIpc) is 3.02. The second kappa shape index (κ2) is 8.40. The third kappa shape index (κ3) is 4.40. The van der Waals surface area contributed by atoms with Gasteiger partial charge in [0.15, 0.2) is 0 Å². The van der Waals surface area contributed by atoms with Gasteiger partial charge in [0.25, 0.3) is 5.56 Å². The number of halogens is 1. The Morgan fingerprint density at radius 3 is 2.85 bits per heavy atom. The molecule has 0 fully saturated rings. The molecule has 0 amide bonds. The summed E-state index contributed by atoms with van der Waals surface area (Å²) in [6.07, 6.45) is 12.5. The van der Waals surface area contributed by atoms with Gasteiger partial charge in [0.1, 0.15) is 0 Å². The zero-order valence-electron chi connectivity index (χ0n) is 15.7. The first-order chi connectivity index (χ1) is 13.0. The highest BCUT2D eigenvalue weighted by molar-refractivity contribution is 6.31. The Labute approximate surface area is 164 Å². The van der Waals surface area contributed by atoms with Gasteiger partial charge in [-0.2, -0.15) is 4.98 Å². The van der Waals surface area contributed by atoms with Crippen molar-refractivity contribution in [3.63, 3.8) is 0 Å². The maximum Gasteiger partial charge on any atom is 0.274 e. The van der Waals surface area contributed by atoms with Crippen molar-refractivity contribution in [2.45, 2.75) is 39.2 Å². The predicted molar refractivity (Wildman–Crippen MR) is 113 cm³/mol. The van der Waals surface area contributed by atoms with Crippen LogP contribution in [-0.4, -0.2) is 9.55 Å². The topological polar surface area (TPSA) is 46.9 Å². The van der Waals surface area contributed by atoms with Gasteiger partial charge in [-0.15, -0.1) is 0 Å². The molecule has 1 aromatic carbocycles. The Bertz CT molecular complexity index is 972. The highest BCUT2D eigenvalue weighted by Crippen LogP contribution is 2.33. The van der Waals surface area contributed by atoms with Crippen molar-refractivity contribution < 1.29 is 0 Å². The fourth-order valence-electron chi connectivity index (χ4n) is 3.39. The van der Waals surface area contributed by atoms with Crippen LogP contribution in [0.3, 0.4) is 0 Å². The van der Waals surface area contributed by atoms with Crippen LogP contribution in [0, 0.1) is 13.8 Å². The molecular formula is C22H24ClN3O. The monoisotopic (exact) mass is 381 g/mol. The number of benzene rings is 1. The van der Waals surface area contributed by atoms with Crippen LogP contribution in [0.4, 0.5) is 11.6 Å². The van der Waals surface area contributed by atoms with Gasteiger partial charge >= 0.3 is 0 Å². The largest absolute Gasteiger partial charge is 0.325 e. The molecule has 0 radical (unpaired) electrons. The minimum Gasteiger partial charge on any atom is -0.325 e. The van der Waals surface area contributed by atoms with Crippen LogP contribution >= 0.6 is 11.6 Å². The lowest BCUT2D eigenvalue weighted by Crippen LogP contribution is -2.18. The van der Waals surface area contributed by atoms with E-state index in [9.17, 15) is 4.79 Å². The third-order valence-electron chi connectivity index (χ3n) is 4.80. The summed E-state index contributed by atoms with van der Waals surface area (Å²) in [5.74, 6) is 0.597. The summed E-state index contributed by atoms with van der Waals surface area (Å²) < 4.78 is 2.16. The molecule has 1 aromatic heterocycles. The Morgan fingerprint density at radius 1 is 1.26 bits per heavy atom. The molecule has 4 nitrogen and oxygen atoms in total. The Hall–Kier alpha value is -2.59. The van der Waals surface area contributed by atoms with Crippen LogP contribution < -0.4 is 10.9 Å². The molecule has 0 saturated carbocycles. The quantitative estimate of drug-likeness (QED) is 0.678. The molecule has 0 saturated heterocycles. The fraction of sp³-hybridized carbons (Fsp3) is 0.273. The maximum absolute atomic E-state index is 12.1. The van der Waals surface area contributed by atoms with Crippen LogP contribution in [0.1, 0.15) is 35.7 Å². The number of anilines is 2. The van der Waals surface area contributed by atoms with Crippen LogP contribution in [-0.2, 0) is 6.42 Å². The lowest BCUT2D eigenvalue weighted by molar-refractivity contribution is 0.533. The van der Waals surface area contributed by atoms with Crippen molar-refractivity contribution >= 4 is 23.2 Å². The van der Waals surface area contributed by atoms with Crippen LogP contribution in [0.5, 0.6) is 0 Å². The lowest BCUT2D eigenvalue weighted by Gasteiger charge is -2.20. The second-order valence-electron chi connectivity index (χ2n) is 6.80. The van der Waals surface area contributed by atoms with Crippen LogP contribution in [0.25, 0.3) is 0 Å². The number of nitrogens with one attached hydrogen (secondary N) is 1. The molecule has 5 heteroatoms. The summed E-state index contributed by atoms with van der Waals surface area (Å²) in [5.41, 5.74) is 3.73. The zero-order chi connectivity index (χ0) is 19.4. The first-order valence-corrected chi connectivity index (χ1v) is 9.48. The number of fused-ring (bicyclic) bond motifs is 1. The molecule has 1 atom stereocenters. The van der Waals surface area contributed by atoms with Gasteiger partial charge < -0.3 is 9.88 Å². The molecule has 0 bridgehead atoms. The average molecular weight is 382 g/mol. The molecule has 0 spiro atoms. The van der Waals surface area contributed by atoms with Crippen molar-refractivity contribution in [3.05, 3.63) is 87.4 Å². The Kier molecular flexibility index (Phi) is 5.97. The first-order valence-electron chi connectivity index (χ1n) is 9.10. The normalized spacial score (nSPS) is 16.2. The predicted octanol–water partition coefficient (Wildman–Crippen LogP) is 5.43. The van der Waals surface area contributed by atoms with E-state index in [1.165, 1.54) is 0 Å². The van der Waals surface area contributed by atoms with E-state index >= 15 is 0 Å². The number of aromatic nitrogens is 2. The summed E-state index contributed by atoms with van der Waals surface area (Å²) in [6, 6.07) is 5.84. The molecular weight excluding hydrogens is 358 g/mol. The van der Waals surface area contributed by atoms with E-state index in [1.807, 2.05) is 44.2 Å². The molecule has 1 aliphatic heterocycles. The van der Waals surface area contributed by atoms with E-state index in [1.54, 1.807) is 12.1 Å². The molecule has 140 valence electrons.